The average Bonchev–Trinajstić information content (AvgIpc) is 3.04. The van der Waals surface area contributed by atoms with Crippen molar-refractivity contribution in [2.75, 3.05) is 22.7 Å². The summed E-state index contributed by atoms with van der Waals surface area (Å²) in [4.78, 5) is 15.3. The lowest BCUT2D eigenvalue weighted by Crippen LogP contribution is -2.30. The van der Waals surface area contributed by atoms with E-state index in [0.717, 1.165) is 49.1 Å². The molecule has 0 atom stereocenters. The molecule has 1 aromatic heterocycles. The van der Waals surface area contributed by atoms with E-state index in [0.29, 0.717) is 29.4 Å². The van der Waals surface area contributed by atoms with Gasteiger partial charge >= 0.3 is 5.69 Å². The molecular weight excluding hydrogens is 448 g/mol. The number of aromatic nitrogens is 2. The first kappa shape index (κ1) is 22.7. The molecule has 172 valence electrons. The Bertz CT molecular complexity index is 1320. The van der Waals surface area contributed by atoms with E-state index in [2.05, 4.69) is 9.62 Å². The van der Waals surface area contributed by atoms with Crippen molar-refractivity contribution < 1.29 is 8.42 Å². The first-order valence-corrected chi connectivity index (χ1v) is 12.9. The number of aryl methyl sites for hydroxylation is 2. The lowest BCUT2D eigenvalue weighted by molar-refractivity contribution is 0.578. The van der Waals surface area contributed by atoms with Crippen LogP contribution in [0.3, 0.4) is 0 Å². The third kappa shape index (κ3) is 3.90. The van der Waals surface area contributed by atoms with Crippen LogP contribution in [0.5, 0.6) is 0 Å². The fourth-order valence-corrected chi connectivity index (χ4v) is 6.08. The first-order chi connectivity index (χ1) is 15.3. The summed E-state index contributed by atoms with van der Waals surface area (Å²) >= 11 is 6.19. The van der Waals surface area contributed by atoms with Crippen LogP contribution in [0, 0.1) is 6.92 Å². The van der Waals surface area contributed by atoms with Gasteiger partial charge in [-0.05, 0) is 69.9 Å². The minimum absolute atomic E-state index is 0.0831. The van der Waals surface area contributed by atoms with E-state index in [1.54, 1.807) is 40.3 Å². The zero-order valence-electron chi connectivity index (χ0n) is 18.7. The predicted molar refractivity (Wildman–Crippen MR) is 131 cm³/mol. The van der Waals surface area contributed by atoms with Crippen molar-refractivity contribution in [1.29, 1.82) is 0 Å². The molecule has 2 aromatic carbocycles. The standard InChI is InChI=1S/C23H29ClN4O3S/c1-4-27-20-14-18(25-32(30,31)22-11-9-10-17(24)16(22)3)19(26-12-7-6-8-13-26)15-21(20)28(5-2)23(27)29/h9-11,14-15,25H,4-8,12-13H2,1-3H3. The van der Waals surface area contributed by atoms with Crippen LogP contribution in [0.2, 0.25) is 5.02 Å². The summed E-state index contributed by atoms with van der Waals surface area (Å²) in [6.07, 6.45) is 3.26. The maximum Gasteiger partial charge on any atom is 0.329 e. The maximum absolute atomic E-state index is 13.4. The summed E-state index contributed by atoms with van der Waals surface area (Å²) in [6.45, 7) is 8.31. The molecule has 0 unspecified atom stereocenters. The number of anilines is 2. The largest absolute Gasteiger partial charge is 0.370 e. The summed E-state index contributed by atoms with van der Waals surface area (Å²) in [5, 5.41) is 0.402. The summed E-state index contributed by atoms with van der Waals surface area (Å²) in [6, 6.07) is 8.62. The molecule has 1 saturated heterocycles. The van der Waals surface area contributed by atoms with Crippen LogP contribution in [-0.2, 0) is 23.1 Å². The van der Waals surface area contributed by atoms with Crippen LogP contribution in [-0.4, -0.2) is 30.6 Å². The molecule has 1 aliphatic heterocycles. The predicted octanol–water partition coefficient (Wildman–Crippen LogP) is 4.60. The molecule has 1 fully saturated rings. The average molecular weight is 477 g/mol. The Morgan fingerprint density at radius 1 is 1.00 bits per heavy atom. The molecule has 4 rings (SSSR count). The van der Waals surface area contributed by atoms with Crippen molar-refractivity contribution in [3.05, 3.63) is 51.4 Å². The fourth-order valence-electron chi connectivity index (χ4n) is 4.52. The number of hydrogen-bond donors (Lipinski definition) is 1. The number of halogens is 1. The van der Waals surface area contributed by atoms with Crippen molar-refractivity contribution >= 4 is 44.0 Å². The van der Waals surface area contributed by atoms with Crippen LogP contribution in [0.1, 0.15) is 38.7 Å². The van der Waals surface area contributed by atoms with Crippen LogP contribution >= 0.6 is 11.6 Å². The first-order valence-electron chi connectivity index (χ1n) is 11.1. The lowest BCUT2D eigenvalue weighted by atomic mass is 10.1. The molecule has 0 saturated carbocycles. The molecule has 9 heteroatoms. The van der Waals surface area contributed by atoms with Gasteiger partial charge in [-0.3, -0.25) is 13.9 Å². The molecule has 0 amide bonds. The number of fused-ring (bicyclic) bond motifs is 1. The highest BCUT2D eigenvalue weighted by atomic mass is 35.5. The Morgan fingerprint density at radius 2 is 1.62 bits per heavy atom. The Balaban J connectivity index is 1.92. The fraction of sp³-hybridized carbons (Fsp3) is 0.435. The summed E-state index contributed by atoms with van der Waals surface area (Å²) in [5.41, 5.74) is 3.25. The van der Waals surface area contributed by atoms with E-state index in [9.17, 15) is 13.2 Å². The van der Waals surface area contributed by atoms with Crippen LogP contribution < -0.4 is 15.3 Å². The monoisotopic (exact) mass is 476 g/mol. The van der Waals surface area contributed by atoms with Gasteiger partial charge < -0.3 is 4.90 Å². The molecule has 1 N–H and O–H groups in total. The van der Waals surface area contributed by atoms with Crippen LogP contribution in [0.25, 0.3) is 11.0 Å². The smallest absolute Gasteiger partial charge is 0.329 e. The third-order valence-electron chi connectivity index (χ3n) is 6.22. The second kappa shape index (κ2) is 8.83. The molecule has 2 heterocycles. The number of piperidine rings is 1. The molecule has 0 aliphatic carbocycles. The number of sulfonamides is 1. The molecule has 0 spiro atoms. The van der Waals surface area contributed by atoms with Gasteiger partial charge in [-0.15, -0.1) is 0 Å². The quantitative estimate of drug-likeness (QED) is 0.564. The van der Waals surface area contributed by atoms with Crippen LogP contribution in [0.15, 0.2) is 40.0 Å². The van der Waals surface area contributed by atoms with E-state index in [1.807, 2.05) is 19.9 Å². The Labute approximate surface area is 193 Å². The van der Waals surface area contributed by atoms with E-state index in [1.165, 1.54) is 0 Å². The molecule has 7 nitrogen and oxygen atoms in total. The minimum Gasteiger partial charge on any atom is -0.370 e. The van der Waals surface area contributed by atoms with Crippen molar-refractivity contribution in [3.63, 3.8) is 0 Å². The number of rotatable bonds is 6. The molecule has 3 aromatic rings. The van der Waals surface area contributed by atoms with E-state index in [4.69, 9.17) is 11.6 Å². The van der Waals surface area contributed by atoms with Gasteiger partial charge in [0.05, 0.1) is 27.3 Å². The zero-order valence-corrected chi connectivity index (χ0v) is 20.3. The van der Waals surface area contributed by atoms with Crippen molar-refractivity contribution in [2.24, 2.45) is 0 Å². The van der Waals surface area contributed by atoms with Gasteiger partial charge in [0.15, 0.2) is 0 Å². The Kier molecular flexibility index (Phi) is 6.27. The Hall–Kier alpha value is -2.45. The van der Waals surface area contributed by atoms with Gasteiger partial charge in [0, 0.05) is 31.2 Å². The Morgan fingerprint density at radius 3 is 2.25 bits per heavy atom. The maximum atomic E-state index is 13.4. The number of imidazole rings is 1. The SMILES string of the molecule is CCn1c(=O)n(CC)c2cc(N3CCCCC3)c(NS(=O)(=O)c3cccc(Cl)c3C)cc21. The van der Waals surface area contributed by atoms with Gasteiger partial charge in [-0.2, -0.15) is 0 Å². The number of benzene rings is 2. The lowest BCUT2D eigenvalue weighted by Gasteiger charge is -2.31. The topological polar surface area (TPSA) is 76.3 Å². The second-order valence-corrected chi connectivity index (χ2v) is 10.2. The van der Waals surface area contributed by atoms with Gasteiger partial charge in [0.2, 0.25) is 0 Å². The van der Waals surface area contributed by atoms with Crippen molar-refractivity contribution in [3.8, 4) is 0 Å². The molecule has 1 aliphatic rings. The number of hydrogen-bond acceptors (Lipinski definition) is 4. The summed E-state index contributed by atoms with van der Waals surface area (Å²) in [7, 11) is -3.88. The molecule has 0 radical (unpaired) electrons. The summed E-state index contributed by atoms with van der Waals surface area (Å²) < 4.78 is 33.0. The van der Waals surface area contributed by atoms with Crippen molar-refractivity contribution in [2.45, 2.75) is 58.0 Å². The van der Waals surface area contributed by atoms with Crippen LogP contribution in [0.4, 0.5) is 11.4 Å². The van der Waals surface area contributed by atoms with E-state index < -0.39 is 10.0 Å². The van der Waals surface area contributed by atoms with Crippen molar-refractivity contribution in [1.82, 2.24) is 9.13 Å². The second-order valence-electron chi connectivity index (χ2n) is 8.15. The highest BCUT2D eigenvalue weighted by molar-refractivity contribution is 7.92. The third-order valence-corrected chi connectivity index (χ3v) is 8.14. The minimum atomic E-state index is -3.88. The molecule has 0 bridgehead atoms. The number of nitrogens with one attached hydrogen (secondary N) is 1. The highest BCUT2D eigenvalue weighted by Gasteiger charge is 2.24. The summed E-state index contributed by atoms with van der Waals surface area (Å²) in [5.74, 6) is 0. The van der Waals surface area contributed by atoms with Gasteiger partial charge in [-0.1, -0.05) is 17.7 Å². The molecule has 32 heavy (non-hydrogen) atoms. The highest BCUT2D eigenvalue weighted by Crippen LogP contribution is 2.35. The van der Waals surface area contributed by atoms with Gasteiger partial charge in [-0.25, -0.2) is 13.2 Å². The van der Waals surface area contributed by atoms with E-state index in [-0.39, 0.29) is 10.6 Å². The zero-order chi connectivity index (χ0) is 23.0. The normalized spacial score (nSPS) is 14.8. The number of nitrogens with zero attached hydrogens (tertiary/aromatic N) is 3. The van der Waals surface area contributed by atoms with Gasteiger partial charge in [0.1, 0.15) is 0 Å². The van der Waals surface area contributed by atoms with Gasteiger partial charge in [0.25, 0.3) is 10.0 Å². The van der Waals surface area contributed by atoms with E-state index >= 15 is 0 Å². The molecular formula is C23H29ClN4O3S.